The van der Waals surface area contributed by atoms with Crippen molar-refractivity contribution >= 4 is 23.8 Å². The Morgan fingerprint density at radius 2 is 1.86 bits per heavy atom. The first-order valence-electron chi connectivity index (χ1n) is 11.9. The van der Waals surface area contributed by atoms with Crippen molar-refractivity contribution in [2.45, 2.75) is 65.2 Å². The van der Waals surface area contributed by atoms with Gasteiger partial charge in [-0.15, -0.1) is 0 Å². The van der Waals surface area contributed by atoms with Gasteiger partial charge in [-0.3, -0.25) is 19.8 Å². The summed E-state index contributed by atoms with van der Waals surface area (Å²) < 4.78 is 46.7. The largest absolute Gasteiger partial charge is 0.452 e. The molecule has 2 heterocycles. The van der Waals surface area contributed by atoms with Crippen molar-refractivity contribution in [3.63, 3.8) is 0 Å². The fraction of sp³-hybridized carbons (Fsp3) is 0.696. The Balaban J connectivity index is 0.000000542. The number of nitrogens with one attached hydrogen (secondary N) is 3. The molecule has 0 unspecified atom stereocenters. The fourth-order valence-corrected chi connectivity index (χ4v) is 4.39. The van der Waals surface area contributed by atoms with Crippen molar-refractivity contribution in [3.05, 3.63) is 17.5 Å². The van der Waals surface area contributed by atoms with Crippen molar-refractivity contribution in [3.8, 4) is 0 Å². The van der Waals surface area contributed by atoms with Crippen LogP contribution in [0.5, 0.6) is 0 Å². The third kappa shape index (κ3) is 7.83. The molecule has 4 amide bonds. The number of carbonyl (C=O) groups excluding carboxylic acids is 4. The molecule has 0 radical (unpaired) electrons. The molecule has 1 aromatic heterocycles. The number of alkyl halides is 3. The minimum Gasteiger partial charge on any atom is -0.442 e. The normalized spacial score (nSPS) is 23.9. The van der Waals surface area contributed by atoms with Crippen LogP contribution in [0.2, 0.25) is 0 Å². The molecule has 3 aliphatic carbocycles. The molecule has 4 fully saturated rings. The van der Waals surface area contributed by atoms with Crippen LogP contribution in [-0.4, -0.2) is 59.2 Å². The zero-order chi connectivity index (χ0) is 27.6. The topological polar surface area (TPSA) is 143 Å². The summed E-state index contributed by atoms with van der Waals surface area (Å²) in [4.78, 5) is 48.2. The van der Waals surface area contributed by atoms with Crippen LogP contribution in [0, 0.1) is 17.3 Å². The Labute approximate surface area is 211 Å². The number of aromatic nitrogens is 1. The quantitative estimate of drug-likeness (QED) is 0.496. The maximum Gasteiger partial charge on any atom is 0.452 e. The van der Waals surface area contributed by atoms with E-state index in [-0.39, 0.29) is 12.5 Å². The van der Waals surface area contributed by atoms with Gasteiger partial charge >= 0.3 is 12.3 Å². The van der Waals surface area contributed by atoms with E-state index in [2.05, 4.69) is 32.7 Å². The Kier molecular flexibility index (Phi) is 8.08. The van der Waals surface area contributed by atoms with Gasteiger partial charge in [0.25, 0.3) is 11.8 Å². The second-order valence-electron chi connectivity index (χ2n) is 10.9. The summed E-state index contributed by atoms with van der Waals surface area (Å²) in [5.41, 5.74) is 1.54. The number of ether oxygens (including phenoxy) is 1. The number of carbonyl (C=O) groups is 4. The molecule has 1 atom stereocenters. The third-order valence-electron chi connectivity index (χ3n) is 6.22. The van der Waals surface area contributed by atoms with Crippen LogP contribution < -0.4 is 16.1 Å². The van der Waals surface area contributed by atoms with E-state index in [9.17, 15) is 32.3 Å². The Morgan fingerprint density at radius 3 is 2.30 bits per heavy atom. The van der Waals surface area contributed by atoms with E-state index in [4.69, 9.17) is 4.74 Å². The maximum atomic E-state index is 12.5. The van der Waals surface area contributed by atoms with E-state index in [0.717, 1.165) is 10.4 Å². The highest BCUT2D eigenvalue weighted by atomic mass is 19.4. The SMILES string of the molecule is CC(C)(C)OC(=O)N(C[C@@H]1CCNC1=O)NC(=O)CNC(=O)c1cc(C(F)(F)F)on1.CC12CC(C1)C2. The molecule has 37 heavy (non-hydrogen) atoms. The van der Waals surface area contributed by atoms with Crippen LogP contribution in [0.3, 0.4) is 0 Å². The predicted molar refractivity (Wildman–Crippen MR) is 121 cm³/mol. The summed E-state index contributed by atoms with van der Waals surface area (Å²) in [7, 11) is 0. The highest BCUT2D eigenvalue weighted by Gasteiger charge is 2.52. The van der Waals surface area contributed by atoms with E-state index < -0.39 is 53.6 Å². The average molecular weight is 532 g/mol. The van der Waals surface area contributed by atoms with Crippen LogP contribution in [0.15, 0.2) is 10.6 Å². The number of hydrogen-bond acceptors (Lipinski definition) is 7. The predicted octanol–water partition coefficient (Wildman–Crippen LogP) is 2.63. The molecule has 0 spiro atoms. The second kappa shape index (κ2) is 10.6. The van der Waals surface area contributed by atoms with Crippen molar-refractivity contribution in [1.29, 1.82) is 0 Å². The molecule has 206 valence electrons. The van der Waals surface area contributed by atoms with Crippen LogP contribution in [0.4, 0.5) is 18.0 Å². The lowest BCUT2D eigenvalue weighted by Gasteiger charge is -2.60. The standard InChI is InChI=1S/C17H22F3N5O6.C6H10/c1-16(2,3)30-15(29)25(8-9-4-5-21-13(9)27)23-12(26)7-22-14(28)10-6-11(31-24-10)17(18,19)20;1-6-2-5(3-6)4-6/h6,9H,4-5,7-8H2,1-3H3,(H,21,27)(H,22,28)(H,23,26);5H,2-4H2,1H3/t9-;/m0./s1. The molecule has 3 saturated carbocycles. The molecular formula is C23H32F3N5O6. The second-order valence-corrected chi connectivity index (χ2v) is 10.9. The van der Waals surface area contributed by atoms with Gasteiger partial charge in [0, 0.05) is 12.6 Å². The van der Waals surface area contributed by atoms with E-state index >= 15 is 0 Å². The molecule has 5 rings (SSSR count). The lowest BCUT2D eigenvalue weighted by Crippen LogP contribution is -2.53. The molecule has 1 saturated heterocycles. The number of hydrazine groups is 1. The summed E-state index contributed by atoms with van der Waals surface area (Å²) in [6, 6.07) is 0.388. The summed E-state index contributed by atoms with van der Waals surface area (Å²) in [5, 5.41) is 8.47. The lowest BCUT2D eigenvalue weighted by atomic mass is 9.46. The van der Waals surface area contributed by atoms with Crippen LogP contribution in [0.1, 0.15) is 69.6 Å². The molecule has 14 heteroatoms. The van der Waals surface area contributed by atoms with E-state index in [1.165, 1.54) is 5.92 Å². The first kappa shape index (κ1) is 28.3. The number of halogens is 3. The molecule has 1 aliphatic heterocycles. The van der Waals surface area contributed by atoms with Crippen molar-refractivity contribution < 1.29 is 41.6 Å². The summed E-state index contributed by atoms with van der Waals surface area (Å²) in [6.07, 6.45) is -0.646. The summed E-state index contributed by atoms with van der Waals surface area (Å²) in [5.74, 6) is -3.12. The van der Waals surface area contributed by atoms with Gasteiger partial charge in [0.1, 0.15) is 5.60 Å². The monoisotopic (exact) mass is 531 g/mol. The van der Waals surface area contributed by atoms with E-state index in [1.54, 1.807) is 40.0 Å². The van der Waals surface area contributed by atoms with Gasteiger partial charge in [0.05, 0.1) is 19.0 Å². The zero-order valence-electron chi connectivity index (χ0n) is 21.2. The Hall–Kier alpha value is -3.32. The highest BCUT2D eigenvalue weighted by molar-refractivity contribution is 5.95. The number of amides is 4. The van der Waals surface area contributed by atoms with Crippen molar-refractivity contribution in [2.75, 3.05) is 19.6 Å². The van der Waals surface area contributed by atoms with Crippen LogP contribution in [-0.2, 0) is 20.5 Å². The first-order chi connectivity index (χ1) is 17.0. The van der Waals surface area contributed by atoms with Gasteiger partial charge in [-0.05, 0) is 57.8 Å². The van der Waals surface area contributed by atoms with Gasteiger partial charge in [0.2, 0.25) is 11.7 Å². The minimum absolute atomic E-state index is 0.168. The summed E-state index contributed by atoms with van der Waals surface area (Å²) in [6.45, 7) is 6.80. The molecule has 4 aliphatic rings. The zero-order valence-corrected chi connectivity index (χ0v) is 21.2. The lowest BCUT2D eigenvalue weighted by molar-refractivity contribution is -0.155. The molecular weight excluding hydrogens is 499 g/mol. The van der Waals surface area contributed by atoms with Gasteiger partial charge in [-0.25, -0.2) is 9.80 Å². The van der Waals surface area contributed by atoms with Gasteiger partial charge in [-0.2, -0.15) is 13.2 Å². The van der Waals surface area contributed by atoms with Crippen molar-refractivity contribution in [2.24, 2.45) is 17.3 Å². The van der Waals surface area contributed by atoms with Gasteiger partial charge in [0.15, 0.2) is 5.69 Å². The average Bonchev–Trinajstić information content (AvgIpc) is 3.38. The highest BCUT2D eigenvalue weighted by Crippen LogP contribution is 2.63. The third-order valence-corrected chi connectivity index (χ3v) is 6.22. The molecule has 2 bridgehead atoms. The number of hydrogen-bond donors (Lipinski definition) is 3. The summed E-state index contributed by atoms with van der Waals surface area (Å²) >= 11 is 0. The smallest absolute Gasteiger partial charge is 0.442 e. The van der Waals surface area contributed by atoms with Crippen LogP contribution >= 0.6 is 0 Å². The Bertz CT molecular complexity index is 1020. The van der Waals surface area contributed by atoms with E-state index in [0.29, 0.717) is 19.0 Å². The van der Waals surface area contributed by atoms with Gasteiger partial charge < -0.3 is 19.9 Å². The van der Waals surface area contributed by atoms with E-state index in [1.807, 2.05) is 0 Å². The van der Waals surface area contributed by atoms with Crippen LogP contribution in [0.25, 0.3) is 0 Å². The first-order valence-corrected chi connectivity index (χ1v) is 11.9. The minimum atomic E-state index is -4.82. The fourth-order valence-electron chi connectivity index (χ4n) is 4.39. The molecule has 1 aromatic rings. The molecule has 3 N–H and O–H groups in total. The number of nitrogens with zero attached hydrogens (tertiary/aromatic N) is 2. The number of rotatable bonds is 5. The van der Waals surface area contributed by atoms with Crippen molar-refractivity contribution in [1.82, 2.24) is 26.2 Å². The van der Waals surface area contributed by atoms with Gasteiger partial charge in [-0.1, -0.05) is 12.1 Å². The maximum absolute atomic E-state index is 12.5. The molecule has 0 aromatic carbocycles. The Morgan fingerprint density at radius 1 is 1.24 bits per heavy atom. The molecule has 11 nitrogen and oxygen atoms in total.